The number of rotatable bonds is 3. The van der Waals surface area contributed by atoms with Gasteiger partial charge in [-0.25, -0.2) is 13.4 Å². The molecule has 1 aromatic heterocycles. The number of H-pyrrole nitrogens is 1. The van der Waals surface area contributed by atoms with E-state index in [1.54, 1.807) is 6.20 Å². The summed E-state index contributed by atoms with van der Waals surface area (Å²) in [7, 11) is -2.93. The van der Waals surface area contributed by atoms with Gasteiger partial charge in [-0.3, -0.25) is 0 Å². The van der Waals surface area contributed by atoms with Crippen molar-refractivity contribution < 1.29 is 8.42 Å². The van der Waals surface area contributed by atoms with Crippen LogP contribution in [0.5, 0.6) is 0 Å². The number of aromatic amines is 1. The number of imidazole rings is 1. The first-order valence-electron chi connectivity index (χ1n) is 5.90. The van der Waals surface area contributed by atoms with Gasteiger partial charge >= 0.3 is 0 Å². The highest BCUT2D eigenvalue weighted by Crippen LogP contribution is 2.33. The molecule has 17 heavy (non-hydrogen) atoms. The van der Waals surface area contributed by atoms with Crippen molar-refractivity contribution in [1.82, 2.24) is 9.97 Å². The standard InChI is InChI=1S/C11H19N3O2S/c1-11(4-2-6-17(15,16)8-11)10-13-7-9(14-10)3-5-12/h7H,2-6,8,12H2,1H3,(H,13,14). The van der Waals surface area contributed by atoms with Crippen LogP contribution in [-0.2, 0) is 21.7 Å². The van der Waals surface area contributed by atoms with Gasteiger partial charge < -0.3 is 10.7 Å². The molecule has 0 aromatic carbocycles. The first kappa shape index (κ1) is 12.6. The van der Waals surface area contributed by atoms with E-state index in [0.29, 0.717) is 18.7 Å². The van der Waals surface area contributed by atoms with Crippen molar-refractivity contribution in [2.45, 2.75) is 31.6 Å². The summed E-state index contributed by atoms with van der Waals surface area (Å²) in [5.41, 5.74) is 6.09. The molecule has 2 heterocycles. The molecule has 0 spiro atoms. The van der Waals surface area contributed by atoms with Crippen molar-refractivity contribution in [3.05, 3.63) is 17.7 Å². The van der Waals surface area contributed by atoms with Gasteiger partial charge in [-0.2, -0.15) is 0 Å². The summed E-state index contributed by atoms with van der Waals surface area (Å²) >= 11 is 0. The quantitative estimate of drug-likeness (QED) is 0.819. The van der Waals surface area contributed by atoms with Gasteiger partial charge in [-0.1, -0.05) is 6.92 Å². The third-order valence-electron chi connectivity index (χ3n) is 3.34. The molecule has 1 aliphatic rings. The highest BCUT2D eigenvalue weighted by atomic mass is 32.2. The van der Waals surface area contributed by atoms with Crippen LogP contribution in [-0.4, -0.2) is 36.4 Å². The van der Waals surface area contributed by atoms with Gasteiger partial charge in [-0.05, 0) is 19.4 Å². The van der Waals surface area contributed by atoms with Crippen LogP contribution in [0, 0.1) is 0 Å². The second kappa shape index (κ2) is 4.42. The molecule has 6 heteroatoms. The SMILES string of the molecule is CC1(c2ncc(CCN)[nH]2)CCCS(=O)(=O)C1. The van der Waals surface area contributed by atoms with Gasteiger partial charge in [0.15, 0.2) is 9.84 Å². The fraction of sp³-hybridized carbons (Fsp3) is 0.727. The molecule has 0 saturated carbocycles. The van der Waals surface area contributed by atoms with Gasteiger partial charge in [0.1, 0.15) is 5.82 Å². The summed E-state index contributed by atoms with van der Waals surface area (Å²) in [5, 5.41) is 0. The van der Waals surface area contributed by atoms with Crippen molar-refractivity contribution in [3.63, 3.8) is 0 Å². The van der Waals surface area contributed by atoms with Crippen molar-refractivity contribution in [2.75, 3.05) is 18.1 Å². The lowest BCUT2D eigenvalue weighted by Gasteiger charge is -2.31. The number of aromatic nitrogens is 2. The molecule has 1 fully saturated rings. The topological polar surface area (TPSA) is 88.8 Å². The fourth-order valence-corrected chi connectivity index (χ4v) is 4.43. The zero-order valence-corrected chi connectivity index (χ0v) is 10.9. The lowest BCUT2D eigenvalue weighted by atomic mass is 9.86. The molecule has 0 aliphatic carbocycles. The van der Waals surface area contributed by atoms with E-state index in [9.17, 15) is 8.42 Å². The molecular weight excluding hydrogens is 238 g/mol. The highest BCUT2D eigenvalue weighted by molar-refractivity contribution is 7.91. The average molecular weight is 257 g/mol. The first-order valence-corrected chi connectivity index (χ1v) is 7.72. The van der Waals surface area contributed by atoms with Gasteiger partial charge in [0.25, 0.3) is 0 Å². The molecule has 0 amide bonds. The Labute approximate surface area is 102 Å². The summed E-state index contributed by atoms with van der Waals surface area (Å²) in [6.07, 6.45) is 4.08. The van der Waals surface area contributed by atoms with Gasteiger partial charge in [-0.15, -0.1) is 0 Å². The van der Waals surface area contributed by atoms with Gasteiger partial charge in [0, 0.05) is 23.7 Å². The maximum Gasteiger partial charge on any atom is 0.151 e. The van der Waals surface area contributed by atoms with Crippen LogP contribution < -0.4 is 5.73 Å². The molecule has 0 radical (unpaired) electrons. The molecule has 1 saturated heterocycles. The molecule has 3 N–H and O–H groups in total. The first-order chi connectivity index (χ1) is 7.95. The van der Waals surface area contributed by atoms with E-state index in [1.165, 1.54) is 0 Å². The maximum atomic E-state index is 11.7. The van der Waals surface area contributed by atoms with E-state index in [1.807, 2.05) is 6.92 Å². The predicted molar refractivity (Wildman–Crippen MR) is 66.6 cm³/mol. The number of hydrogen-bond acceptors (Lipinski definition) is 4. The third-order valence-corrected chi connectivity index (χ3v) is 5.32. The molecule has 96 valence electrons. The Kier molecular flexibility index (Phi) is 3.27. The molecule has 5 nitrogen and oxygen atoms in total. The van der Waals surface area contributed by atoms with E-state index < -0.39 is 9.84 Å². The summed E-state index contributed by atoms with van der Waals surface area (Å²) in [6.45, 7) is 2.53. The molecule has 1 aromatic rings. The minimum Gasteiger partial charge on any atom is -0.345 e. The Bertz CT molecular complexity index is 495. The molecule has 0 bridgehead atoms. The Balaban J connectivity index is 2.24. The van der Waals surface area contributed by atoms with Crippen LogP contribution in [0.1, 0.15) is 31.3 Å². The molecule has 2 rings (SSSR count). The number of nitrogens with two attached hydrogens (primary N) is 1. The second-order valence-electron chi connectivity index (χ2n) is 5.05. The molecular formula is C11H19N3O2S. The predicted octanol–water partition coefficient (Wildman–Crippen LogP) is 0.377. The Morgan fingerprint density at radius 3 is 3.00 bits per heavy atom. The zero-order chi connectivity index (χ0) is 12.5. The number of sulfone groups is 1. The lowest BCUT2D eigenvalue weighted by Crippen LogP contribution is -2.38. The molecule has 1 atom stereocenters. The van der Waals surface area contributed by atoms with E-state index >= 15 is 0 Å². The number of hydrogen-bond donors (Lipinski definition) is 2. The van der Waals surface area contributed by atoms with Crippen LogP contribution in [0.25, 0.3) is 0 Å². The monoisotopic (exact) mass is 257 g/mol. The minimum atomic E-state index is -2.93. The van der Waals surface area contributed by atoms with Crippen molar-refractivity contribution in [3.8, 4) is 0 Å². The van der Waals surface area contributed by atoms with Gasteiger partial charge in [0.2, 0.25) is 0 Å². The van der Waals surface area contributed by atoms with Crippen LogP contribution in [0.4, 0.5) is 0 Å². The van der Waals surface area contributed by atoms with Crippen LogP contribution in [0.2, 0.25) is 0 Å². The van der Waals surface area contributed by atoms with E-state index in [4.69, 9.17) is 5.73 Å². The third kappa shape index (κ3) is 2.69. The average Bonchev–Trinajstić information content (AvgIpc) is 2.65. The van der Waals surface area contributed by atoms with E-state index in [0.717, 1.165) is 24.4 Å². The van der Waals surface area contributed by atoms with Crippen LogP contribution >= 0.6 is 0 Å². The number of nitrogens with zero attached hydrogens (tertiary/aromatic N) is 1. The zero-order valence-electron chi connectivity index (χ0n) is 10.1. The van der Waals surface area contributed by atoms with Crippen molar-refractivity contribution in [2.24, 2.45) is 5.73 Å². The minimum absolute atomic E-state index is 0.190. The van der Waals surface area contributed by atoms with Crippen LogP contribution in [0.15, 0.2) is 6.20 Å². The summed E-state index contributed by atoms with van der Waals surface area (Å²) in [4.78, 5) is 7.53. The molecule has 1 aliphatic heterocycles. The van der Waals surface area contributed by atoms with E-state index in [2.05, 4.69) is 9.97 Å². The number of nitrogens with one attached hydrogen (secondary N) is 1. The highest BCUT2D eigenvalue weighted by Gasteiger charge is 2.38. The summed E-state index contributed by atoms with van der Waals surface area (Å²) < 4.78 is 23.4. The van der Waals surface area contributed by atoms with Crippen molar-refractivity contribution in [1.29, 1.82) is 0 Å². The smallest absolute Gasteiger partial charge is 0.151 e. The van der Waals surface area contributed by atoms with Gasteiger partial charge in [0.05, 0.1) is 11.5 Å². The Hall–Kier alpha value is -0.880. The molecule has 1 unspecified atom stereocenters. The van der Waals surface area contributed by atoms with E-state index in [-0.39, 0.29) is 11.2 Å². The second-order valence-corrected chi connectivity index (χ2v) is 7.24. The summed E-state index contributed by atoms with van der Waals surface area (Å²) in [5.74, 6) is 1.28. The summed E-state index contributed by atoms with van der Waals surface area (Å²) in [6, 6.07) is 0. The Morgan fingerprint density at radius 1 is 1.59 bits per heavy atom. The normalized spacial score (nSPS) is 28.1. The lowest BCUT2D eigenvalue weighted by molar-refractivity contribution is 0.425. The van der Waals surface area contributed by atoms with Crippen LogP contribution in [0.3, 0.4) is 0 Å². The van der Waals surface area contributed by atoms with Crippen molar-refractivity contribution >= 4 is 9.84 Å². The fourth-order valence-electron chi connectivity index (χ4n) is 2.45. The Morgan fingerprint density at radius 2 is 2.35 bits per heavy atom. The maximum absolute atomic E-state index is 11.7. The largest absolute Gasteiger partial charge is 0.345 e.